The lowest BCUT2D eigenvalue weighted by Crippen LogP contribution is -2.28. The van der Waals surface area contributed by atoms with E-state index in [0.717, 1.165) is 0 Å². The molecule has 1 rings (SSSR count). The fourth-order valence-corrected chi connectivity index (χ4v) is 2.57. The van der Waals surface area contributed by atoms with E-state index in [-0.39, 0.29) is 0 Å². The van der Waals surface area contributed by atoms with E-state index in [1.54, 1.807) is 0 Å². The molecule has 1 aromatic carbocycles. The predicted octanol–water partition coefficient (Wildman–Crippen LogP) is 4.92. The van der Waals surface area contributed by atoms with Crippen LogP contribution in [0, 0.1) is 13.8 Å². The summed E-state index contributed by atoms with van der Waals surface area (Å²) in [5.74, 6) is 0. The van der Waals surface area contributed by atoms with Gasteiger partial charge in [0.25, 0.3) is 0 Å². The van der Waals surface area contributed by atoms with Crippen molar-refractivity contribution in [2.75, 3.05) is 0 Å². The van der Waals surface area contributed by atoms with E-state index < -0.39 is 0 Å². The van der Waals surface area contributed by atoms with Gasteiger partial charge in [-0.3, -0.25) is 0 Å². The van der Waals surface area contributed by atoms with Gasteiger partial charge in [-0.05, 0) is 39.7 Å². The van der Waals surface area contributed by atoms with Crippen LogP contribution >= 0.6 is 0 Å². The summed E-state index contributed by atoms with van der Waals surface area (Å²) in [6.07, 6.45) is 5.27. The van der Waals surface area contributed by atoms with Crippen LogP contribution < -0.4 is 5.32 Å². The Balaban J connectivity index is 2.50. The first-order chi connectivity index (χ1) is 8.52. The van der Waals surface area contributed by atoms with Crippen LogP contribution in [-0.4, -0.2) is 6.04 Å². The summed E-state index contributed by atoms with van der Waals surface area (Å²) in [6.45, 7) is 11.2. The molecule has 1 aromatic rings. The van der Waals surface area contributed by atoms with Crippen molar-refractivity contribution in [2.45, 2.75) is 72.4 Å². The van der Waals surface area contributed by atoms with E-state index >= 15 is 0 Å². The van der Waals surface area contributed by atoms with Gasteiger partial charge in [0.15, 0.2) is 0 Å². The highest BCUT2D eigenvalue weighted by Gasteiger charge is 2.09. The van der Waals surface area contributed by atoms with Gasteiger partial charge in [-0.2, -0.15) is 0 Å². The average Bonchev–Trinajstić information content (AvgIpc) is 2.28. The van der Waals surface area contributed by atoms with Crippen molar-refractivity contribution in [2.24, 2.45) is 0 Å². The number of nitrogens with one attached hydrogen (secondary N) is 1. The molecule has 0 aliphatic rings. The van der Waals surface area contributed by atoms with Gasteiger partial charge in [0.2, 0.25) is 0 Å². The number of unbranched alkanes of at least 4 members (excludes halogenated alkanes) is 2. The Morgan fingerprint density at radius 2 is 1.61 bits per heavy atom. The molecule has 1 heteroatoms. The quantitative estimate of drug-likeness (QED) is 0.674. The molecule has 0 bridgehead atoms. The number of aryl methyl sites for hydroxylation is 2. The summed E-state index contributed by atoms with van der Waals surface area (Å²) in [4.78, 5) is 0. The first kappa shape index (κ1) is 15.2. The number of hydrogen-bond donors (Lipinski definition) is 1. The van der Waals surface area contributed by atoms with Crippen LogP contribution in [0.15, 0.2) is 18.2 Å². The number of hydrogen-bond acceptors (Lipinski definition) is 1. The van der Waals surface area contributed by atoms with Crippen molar-refractivity contribution >= 4 is 0 Å². The van der Waals surface area contributed by atoms with E-state index in [0.29, 0.717) is 12.1 Å². The predicted molar refractivity (Wildman–Crippen MR) is 81.1 cm³/mol. The maximum absolute atomic E-state index is 3.71. The molecule has 0 fully saturated rings. The largest absolute Gasteiger partial charge is 0.308 e. The molecule has 0 saturated carbocycles. The van der Waals surface area contributed by atoms with E-state index in [1.807, 2.05) is 0 Å². The minimum absolute atomic E-state index is 0.445. The average molecular weight is 247 g/mol. The molecule has 1 N–H and O–H groups in total. The normalized spacial score (nSPS) is 14.5. The monoisotopic (exact) mass is 247 g/mol. The van der Waals surface area contributed by atoms with Gasteiger partial charge in [0.1, 0.15) is 0 Å². The Morgan fingerprint density at radius 1 is 1.00 bits per heavy atom. The minimum Gasteiger partial charge on any atom is -0.308 e. The molecule has 2 unspecified atom stereocenters. The summed E-state index contributed by atoms with van der Waals surface area (Å²) < 4.78 is 0. The van der Waals surface area contributed by atoms with Crippen molar-refractivity contribution < 1.29 is 0 Å². The van der Waals surface area contributed by atoms with Gasteiger partial charge in [0.05, 0.1) is 0 Å². The zero-order valence-electron chi connectivity index (χ0n) is 12.7. The van der Waals surface area contributed by atoms with E-state index in [9.17, 15) is 0 Å². The summed E-state index contributed by atoms with van der Waals surface area (Å²) in [5.41, 5.74) is 4.13. The third-order valence-electron chi connectivity index (χ3n) is 3.52. The van der Waals surface area contributed by atoms with Crippen molar-refractivity contribution in [3.63, 3.8) is 0 Å². The Labute approximate surface area is 113 Å². The Hall–Kier alpha value is -0.820. The second kappa shape index (κ2) is 7.58. The maximum Gasteiger partial charge on any atom is 0.0294 e. The fraction of sp³-hybridized carbons (Fsp3) is 0.647. The summed E-state index contributed by atoms with van der Waals surface area (Å²) in [7, 11) is 0. The summed E-state index contributed by atoms with van der Waals surface area (Å²) in [6, 6.07) is 7.88. The second-order valence-electron chi connectivity index (χ2n) is 5.71. The molecule has 0 spiro atoms. The van der Waals surface area contributed by atoms with Gasteiger partial charge in [-0.15, -0.1) is 0 Å². The zero-order valence-corrected chi connectivity index (χ0v) is 12.7. The molecule has 0 radical (unpaired) electrons. The Morgan fingerprint density at radius 3 is 2.17 bits per heavy atom. The van der Waals surface area contributed by atoms with Gasteiger partial charge in [-0.1, -0.05) is 55.5 Å². The van der Waals surface area contributed by atoms with E-state index in [1.165, 1.54) is 42.4 Å². The zero-order chi connectivity index (χ0) is 13.5. The van der Waals surface area contributed by atoms with E-state index in [2.05, 4.69) is 58.1 Å². The van der Waals surface area contributed by atoms with Gasteiger partial charge in [-0.25, -0.2) is 0 Å². The van der Waals surface area contributed by atoms with Crippen LogP contribution in [0.5, 0.6) is 0 Å². The SMILES string of the molecule is CCCCCC(C)NC(C)c1cc(C)cc(C)c1. The molecule has 18 heavy (non-hydrogen) atoms. The molecular weight excluding hydrogens is 218 g/mol. The van der Waals surface area contributed by atoms with Gasteiger partial charge >= 0.3 is 0 Å². The number of benzene rings is 1. The fourth-order valence-electron chi connectivity index (χ4n) is 2.57. The smallest absolute Gasteiger partial charge is 0.0294 e. The molecule has 0 aliphatic heterocycles. The van der Waals surface area contributed by atoms with Gasteiger partial charge < -0.3 is 5.32 Å². The molecule has 0 aliphatic carbocycles. The molecular formula is C17H29N. The number of rotatable bonds is 7. The van der Waals surface area contributed by atoms with Crippen LogP contribution in [0.4, 0.5) is 0 Å². The highest BCUT2D eigenvalue weighted by Crippen LogP contribution is 2.18. The van der Waals surface area contributed by atoms with Crippen LogP contribution in [0.3, 0.4) is 0 Å². The Bertz CT molecular complexity index is 336. The van der Waals surface area contributed by atoms with Crippen LogP contribution in [0.25, 0.3) is 0 Å². The molecule has 0 amide bonds. The van der Waals surface area contributed by atoms with E-state index in [4.69, 9.17) is 0 Å². The lowest BCUT2D eigenvalue weighted by Gasteiger charge is -2.21. The second-order valence-corrected chi connectivity index (χ2v) is 5.71. The van der Waals surface area contributed by atoms with Gasteiger partial charge in [0, 0.05) is 12.1 Å². The van der Waals surface area contributed by atoms with Crippen molar-refractivity contribution in [3.05, 3.63) is 34.9 Å². The molecule has 0 saturated heterocycles. The third kappa shape index (κ3) is 5.22. The van der Waals surface area contributed by atoms with Crippen molar-refractivity contribution in [1.29, 1.82) is 0 Å². The standard InChI is InChI=1S/C17H29N/c1-6-7-8-9-15(4)18-16(5)17-11-13(2)10-14(3)12-17/h10-12,15-16,18H,6-9H2,1-5H3. The summed E-state index contributed by atoms with van der Waals surface area (Å²) in [5, 5.41) is 3.71. The molecule has 1 nitrogen and oxygen atoms in total. The lowest BCUT2D eigenvalue weighted by atomic mass is 10.0. The highest BCUT2D eigenvalue weighted by molar-refractivity contribution is 5.30. The topological polar surface area (TPSA) is 12.0 Å². The first-order valence-corrected chi connectivity index (χ1v) is 7.37. The maximum atomic E-state index is 3.71. The molecule has 0 aromatic heterocycles. The Kier molecular flexibility index (Phi) is 6.42. The van der Waals surface area contributed by atoms with Crippen molar-refractivity contribution in [1.82, 2.24) is 5.32 Å². The highest BCUT2D eigenvalue weighted by atomic mass is 14.9. The molecule has 102 valence electrons. The minimum atomic E-state index is 0.445. The summed E-state index contributed by atoms with van der Waals surface area (Å²) >= 11 is 0. The molecule has 2 atom stereocenters. The third-order valence-corrected chi connectivity index (χ3v) is 3.52. The lowest BCUT2D eigenvalue weighted by molar-refractivity contribution is 0.440. The first-order valence-electron chi connectivity index (χ1n) is 7.37. The van der Waals surface area contributed by atoms with Crippen LogP contribution in [-0.2, 0) is 0 Å². The van der Waals surface area contributed by atoms with Crippen LogP contribution in [0.1, 0.15) is 69.2 Å². The molecule has 0 heterocycles. The van der Waals surface area contributed by atoms with Crippen molar-refractivity contribution in [3.8, 4) is 0 Å². The van der Waals surface area contributed by atoms with Crippen LogP contribution in [0.2, 0.25) is 0 Å².